The Morgan fingerprint density at radius 3 is 2.22 bits per heavy atom. The minimum absolute atomic E-state index is 0.0319. The summed E-state index contributed by atoms with van der Waals surface area (Å²) in [7, 11) is 2.91. The van der Waals surface area contributed by atoms with Crippen molar-refractivity contribution < 1.29 is 67.7 Å². The summed E-state index contributed by atoms with van der Waals surface area (Å²) in [4.78, 5) is 62.7. The van der Waals surface area contributed by atoms with Gasteiger partial charge in [-0.25, -0.2) is 4.79 Å². The highest BCUT2D eigenvalue weighted by Crippen LogP contribution is 2.54. The van der Waals surface area contributed by atoms with E-state index in [9.17, 15) is 34.5 Å². The maximum Gasteiger partial charge on any atom is 0.410 e. The number of fused-ring (bicyclic) bond motifs is 11. The van der Waals surface area contributed by atoms with E-state index in [0.717, 1.165) is 22.3 Å². The summed E-state index contributed by atoms with van der Waals surface area (Å²) in [5.74, 6) is -3.40. The number of aromatic hydroxyl groups is 2. The van der Waals surface area contributed by atoms with Crippen LogP contribution in [0.25, 0.3) is 11.1 Å². The number of carbonyl (C=O) groups is 4. The molecule has 3 aliphatic carbocycles. The quantitative estimate of drug-likeness (QED) is 0.194. The van der Waals surface area contributed by atoms with Crippen molar-refractivity contribution >= 4 is 23.6 Å². The van der Waals surface area contributed by atoms with Crippen LogP contribution < -0.4 is 4.74 Å². The van der Waals surface area contributed by atoms with E-state index < -0.39 is 102 Å². The zero-order chi connectivity index (χ0) is 46.9. The summed E-state index contributed by atoms with van der Waals surface area (Å²) in [5, 5.41) is 37.2. The van der Waals surface area contributed by atoms with E-state index in [4.69, 9.17) is 33.2 Å². The number of benzene rings is 4. The molecule has 5 fully saturated rings. The Balaban J connectivity index is 0.830. The second kappa shape index (κ2) is 16.1. The molecule has 10 atom stereocenters. The fraction of sp³-hybridized carbons (Fsp3) is 0.451. The molecule has 17 heteroatoms. The second-order valence-corrected chi connectivity index (χ2v) is 19.2. The Kier molecular flexibility index (Phi) is 10.3. The molecule has 0 spiro atoms. The number of morpholine rings is 1. The standard InChI is InChI=1S/C51H51N3O14/c1-24-46-34(52-15-16-64-48(63-3)47(52)68-46)18-37(66-24)67-36-20-51(61,19-32-39(36)45(58)41-40(43(32)56)42(55)31-13-8-14-35(62-2)38(31)44(41)57)49(59)53-21-26-17-25(53)22-54(26)50(60)65-23-33-29-11-6-4-9-27(29)28-10-5-7-12-30(28)33/h4-14,24-26,33-34,36-37,46-48,56,58,61H,15-23H2,1-3H3/t24-,25+,26+,34-,36-,37-,46+,47+,48-,51-/m0/s1. The van der Waals surface area contributed by atoms with Gasteiger partial charge in [-0.3, -0.25) is 19.3 Å². The molecule has 68 heavy (non-hydrogen) atoms. The number of phenols is 2. The van der Waals surface area contributed by atoms with Gasteiger partial charge in [0.25, 0.3) is 5.91 Å². The smallest absolute Gasteiger partial charge is 0.410 e. The number of likely N-dealkylation sites (tertiary alicyclic amines) is 2. The monoisotopic (exact) mass is 929 g/mol. The molecule has 5 saturated heterocycles. The van der Waals surface area contributed by atoms with E-state index in [1.165, 1.54) is 19.2 Å². The first-order valence-corrected chi connectivity index (χ1v) is 23.3. The molecule has 0 unspecified atom stereocenters. The summed E-state index contributed by atoms with van der Waals surface area (Å²) in [6.07, 6.45) is -4.92. The van der Waals surface area contributed by atoms with Gasteiger partial charge in [0.15, 0.2) is 24.6 Å². The van der Waals surface area contributed by atoms with Crippen molar-refractivity contribution in [2.75, 3.05) is 47.1 Å². The minimum atomic E-state index is -2.24. The first kappa shape index (κ1) is 43.4. The van der Waals surface area contributed by atoms with Crippen LogP contribution in [0.2, 0.25) is 0 Å². The van der Waals surface area contributed by atoms with E-state index in [1.54, 1.807) is 23.0 Å². The first-order valence-electron chi connectivity index (χ1n) is 23.3. The average molecular weight is 930 g/mol. The molecular formula is C51H51N3O14. The van der Waals surface area contributed by atoms with Crippen LogP contribution >= 0.6 is 0 Å². The molecule has 17 nitrogen and oxygen atoms in total. The van der Waals surface area contributed by atoms with Crippen LogP contribution in [0.1, 0.15) is 92.3 Å². The van der Waals surface area contributed by atoms with Gasteiger partial charge in [-0.15, -0.1) is 0 Å². The van der Waals surface area contributed by atoms with Gasteiger partial charge in [0.05, 0.1) is 54.7 Å². The third-order valence-corrected chi connectivity index (χ3v) is 15.7. The summed E-state index contributed by atoms with van der Waals surface area (Å²) in [5.41, 5.74) is 1.08. The van der Waals surface area contributed by atoms with E-state index in [2.05, 4.69) is 29.2 Å². The molecule has 4 aromatic carbocycles. The van der Waals surface area contributed by atoms with E-state index in [0.29, 0.717) is 19.6 Å². The van der Waals surface area contributed by atoms with Crippen LogP contribution in [-0.2, 0) is 39.6 Å². The number of aliphatic hydroxyl groups is 1. The predicted octanol–water partition coefficient (Wildman–Crippen LogP) is 4.38. The highest BCUT2D eigenvalue weighted by molar-refractivity contribution is 6.31. The SMILES string of the molecule is COc1cccc2c1C(=O)c1c(O)c3c(c(O)c1C2=O)C[C@@](O)(C(=O)N1C[C@H]2C[C@@H]1CN2C(=O)OCC1c2ccccc2-c2ccccc21)C[C@@H]3O[C@H]1C[C@H]2[C@H](O[C@@H]3[C@@H](OC)OCCN32)[C@H](C)O1. The number of rotatable bonds is 7. The van der Waals surface area contributed by atoms with Crippen molar-refractivity contribution in [2.45, 2.75) is 99.4 Å². The van der Waals surface area contributed by atoms with Gasteiger partial charge in [0, 0.05) is 74.7 Å². The number of hydrogen-bond donors (Lipinski definition) is 3. The number of ether oxygens (including phenoxy) is 7. The lowest BCUT2D eigenvalue weighted by atomic mass is 9.72. The molecule has 0 saturated carbocycles. The molecule has 2 amide bonds. The topological polar surface area (TPSA) is 203 Å². The Morgan fingerprint density at radius 1 is 0.824 bits per heavy atom. The van der Waals surface area contributed by atoms with Gasteiger partial charge in [-0.2, -0.15) is 0 Å². The lowest BCUT2D eigenvalue weighted by Gasteiger charge is -2.45. The zero-order valence-electron chi connectivity index (χ0n) is 37.7. The third-order valence-electron chi connectivity index (χ3n) is 15.7. The Labute approximate surface area is 391 Å². The second-order valence-electron chi connectivity index (χ2n) is 19.2. The molecule has 3 N–H and O–H groups in total. The molecule has 0 aromatic heterocycles. The van der Waals surface area contributed by atoms with Crippen LogP contribution in [0.4, 0.5) is 4.79 Å². The summed E-state index contributed by atoms with van der Waals surface area (Å²) < 4.78 is 42.4. The minimum Gasteiger partial charge on any atom is -0.507 e. The van der Waals surface area contributed by atoms with Crippen molar-refractivity contribution in [1.29, 1.82) is 0 Å². The van der Waals surface area contributed by atoms with Crippen molar-refractivity contribution in [3.63, 3.8) is 0 Å². The third kappa shape index (κ3) is 6.40. The molecule has 5 heterocycles. The maximum absolute atomic E-state index is 15.0. The molecule has 4 aromatic rings. The summed E-state index contributed by atoms with van der Waals surface area (Å²) in [6.45, 7) is 3.28. The molecule has 12 rings (SSSR count). The summed E-state index contributed by atoms with van der Waals surface area (Å²) >= 11 is 0. The van der Waals surface area contributed by atoms with Crippen molar-refractivity contribution in [3.8, 4) is 28.4 Å². The van der Waals surface area contributed by atoms with E-state index >= 15 is 0 Å². The highest BCUT2D eigenvalue weighted by Gasteiger charge is 2.58. The molecule has 354 valence electrons. The van der Waals surface area contributed by atoms with Crippen LogP contribution in [0.3, 0.4) is 0 Å². The number of methoxy groups -OCH3 is 2. The van der Waals surface area contributed by atoms with Gasteiger partial charge >= 0.3 is 6.09 Å². The fourth-order valence-corrected chi connectivity index (χ4v) is 12.6. The van der Waals surface area contributed by atoms with Crippen molar-refractivity contribution in [1.82, 2.24) is 14.7 Å². The van der Waals surface area contributed by atoms with Crippen LogP contribution in [0.5, 0.6) is 17.2 Å². The Hall–Kier alpha value is -5.92. The number of ketones is 2. The van der Waals surface area contributed by atoms with Gasteiger partial charge in [0.1, 0.15) is 35.6 Å². The van der Waals surface area contributed by atoms with Gasteiger partial charge in [0.2, 0.25) is 5.78 Å². The van der Waals surface area contributed by atoms with Gasteiger partial charge in [-0.1, -0.05) is 60.7 Å². The number of nitrogens with zero attached hydrogens (tertiary/aromatic N) is 3. The molecular weight excluding hydrogens is 879 g/mol. The highest BCUT2D eigenvalue weighted by atomic mass is 16.7. The van der Waals surface area contributed by atoms with Crippen LogP contribution in [0.15, 0.2) is 66.7 Å². The van der Waals surface area contributed by atoms with Crippen molar-refractivity contribution in [2.24, 2.45) is 0 Å². The lowest BCUT2D eigenvalue weighted by Crippen LogP contribution is -2.59. The number of phenolic OH excluding ortho intramolecular Hbond substituents is 2. The Morgan fingerprint density at radius 2 is 1.51 bits per heavy atom. The van der Waals surface area contributed by atoms with E-state index in [1.807, 2.05) is 31.2 Å². The molecule has 5 aliphatic heterocycles. The van der Waals surface area contributed by atoms with Crippen molar-refractivity contribution in [3.05, 3.63) is 111 Å². The normalized spacial score (nSPS) is 31.1. The zero-order valence-corrected chi connectivity index (χ0v) is 37.7. The first-order chi connectivity index (χ1) is 32.9. The fourth-order valence-electron chi connectivity index (χ4n) is 12.6. The number of amides is 2. The van der Waals surface area contributed by atoms with E-state index in [-0.39, 0.29) is 78.2 Å². The largest absolute Gasteiger partial charge is 0.507 e. The van der Waals surface area contributed by atoms with Crippen LogP contribution in [-0.4, -0.2) is 155 Å². The summed E-state index contributed by atoms with van der Waals surface area (Å²) in [6, 6.07) is 19.7. The van der Waals surface area contributed by atoms with Gasteiger partial charge in [-0.05, 0) is 41.7 Å². The van der Waals surface area contributed by atoms with Gasteiger partial charge < -0.3 is 58.3 Å². The Bertz CT molecular complexity index is 2750. The predicted molar refractivity (Wildman–Crippen MR) is 237 cm³/mol. The number of hydrogen-bond acceptors (Lipinski definition) is 15. The molecule has 0 radical (unpaired) electrons. The number of piperazine rings is 1. The average Bonchev–Trinajstić information content (AvgIpc) is 4.14. The maximum atomic E-state index is 15.0. The van der Waals surface area contributed by atoms with Crippen LogP contribution in [0, 0.1) is 0 Å². The lowest BCUT2D eigenvalue weighted by molar-refractivity contribution is -0.256. The molecule has 8 aliphatic rings. The number of carbonyl (C=O) groups excluding carboxylic acids is 4. The molecule has 2 bridgehead atoms.